The summed E-state index contributed by atoms with van der Waals surface area (Å²) in [6, 6.07) is 18.6. The highest BCUT2D eigenvalue weighted by atomic mass is 19.1. The van der Waals surface area contributed by atoms with Gasteiger partial charge in [0.1, 0.15) is 34.1 Å². The van der Waals surface area contributed by atoms with Crippen LogP contribution in [0.5, 0.6) is 11.8 Å². The second kappa shape index (κ2) is 22.4. The zero-order chi connectivity index (χ0) is 47.6. The van der Waals surface area contributed by atoms with Gasteiger partial charge >= 0.3 is 0 Å². The van der Waals surface area contributed by atoms with Gasteiger partial charge in [-0.2, -0.15) is 9.97 Å². The number of carbonyl (C=O) groups excluding carboxylic acids is 4. The van der Waals surface area contributed by atoms with Crippen molar-refractivity contribution in [2.45, 2.75) is 64.2 Å². The molecule has 3 amide bonds. The van der Waals surface area contributed by atoms with E-state index in [4.69, 9.17) is 9.47 Å². The van der Waals surface area contributed by atoms with Crippen molar-refractivity contribution in [1.82, 2.24) is 40.0 Å². The summed E-state index contributed by atoms with van der Waals surface area (Å²) < 4.78 is 37.0. The lowest BCUT2D eigenvalue weighted by Crippen LogP contribution is -2.39. The van der Waals surface area contributed by atoms with Gasteiger partial charge in [-0.25, -0.2) is 8.78 Å². The molecule has 0 radical (unpaired) electrons. The van der Waals surface area contributed by atoms with E-state index >= 15 is 0 Å². The zero-order valence-corrected chi connectivity index (χ0v) is 38.8. The predicted octanol–water partition coefficient (Wildman–Crippen LogP) is 7.79. The molecule has 14 nitrogen and oxygen atoms in total. The van der Waals surface area contributed by atoms with Crippen LogP contribution in [-0.2, 0) is 17.6 Å². The minimum Gasteiger partial charge on any atom is -0.480 e. The van der Waals surface area contributed by atoms with Crippen LogP contribution in [0.3, 0.4) is 0 Å². The molecular formula is C52H60F2N8O6. The van der Waals surface area contributed by atoms with Gasteiger partial charge in [0.05, 0.1) is 19.8 Å². The van der Waals surface area contributed by atoms with Crippen LogP contribution in [0.15, 0.2) is 79.1 Å². The maximum atomic E-state index is 13.5. The van der Waals surface area contributed by atoms with E-state index in [1.54, 1.807) is 22.1 Å². The van der Waals surface area contributed by atoms with Crippen molar-refractivity contribution in [2.75, 3.05) is 66.6 Å². The van der Waals surface area contributed by atoms with Crippen LogP contribution in [0.4, 0.5) is 8.78 Å². The molecule has 4 aliphatic rings. The Morgan fingerprint density at radius 3 is 1.59 bits per heavy atom. The number of pyridine rings is 2. The Hall–Kier alpha value is -6.68. The van der Waals surface area contributed by atoms with Crippen LogP contribution in [-0.4, -0.2) is 125 Å². The molecule has 16 heteroatoms. The van der Waals surface area contributed by atoms with Gasteiger partial charge in [0.25, 0.3) is 23.5 Å². The molecule has 0 saturated carbocycles. The number of rotatable bonds is 10. The molecule has 8 heterocycles. The molecule has 68 heavy (non-hydrogen) atoms. The highest BCUT2D eigenvalue weighted by Gasteiger charge is 2.31. The maximum Gasteiger partial charge on any atom is 0.295 e. The fourth-order valence-corrected chi connectivity index (χ4v) is 9.53. The first kappa shape index (κ1) is 47.8. The number of nitrogens with zero attached hydrogens (tertiary/aromatic N) is 5. The number of amides is 3. The van der Waals surface area contributed by atoms with Crippen LogP contribution >= 0.6 is 0 Å². The van der Waals surface area contributed by atoms with Crippen molar-refractivity contribution in [3.8, 4) is 11.8 Å². The van der Waals surface area contributed by atoms with E-state index in [0.717, 1.165) is 67.9 Å². The number of methoxy groups -OCH3 is 2. The number of nitrogens with one attached hydrogen (secondary N) is 3. The molecule has 10 rings (SSSR count). The second-order valence-electron chi connectivity index (χ2n) is 18.0. The number of H-pyrrole nitrogens is 2. The van der Waals surface area contributed by atoms with Crippen molar-refractivity contribution in [1.29, 1.82) is 0 Å². The third-order valence-corrected chi connectivity index (χ3v) is 13.4. The number of likely N-dealkylation sites (tertiary alicyclic amines) is 3. The van der Waals surface area contributed by atoms with Crippen molar-refractivity contribution in [3.63, 3.8) is 0 Å². The standard InChI is InChI=1S/C27H29FN4O4.C21H22FN3O2.C4H9N/c1-36-25-21(26(34)32-12-8-18(9-13-32)14-17-4-6-19(28)7-5-17)15-20-22(16-29-24(20)30-25)23(33)27(35)31-10-2-3-11-31;1-27-20-18(13-16-6-9-23-19(16)24-20)21(26)25-10-7-15(8-11-25)12-14-2-4-17(22)5-3-14;1-2-4-5-3-1/h4-7,15-16,18H,2-3,8-14H2,1H3,(H,29,30);2-6,9,13,15H,7-8,10-12H2,1H3,(H,23,24);5H,1-4H2. The Morgan fingerprint density at radius 2 is 1.10 bits per heavy atom. The van der Waals surface area contributed by atoms with Crippen molar-refractivity contribution in [2.24, 2.45) is 11.8 Å². The number of carbonyl (C=O) groups is 4. The molecule has 6 aromatic rings. The van der Waals surface area contributed by atoms with Gasteiger partial charge in [0, 0.05) is 62.4 Å². The Balaban J connectivity index is 0.000000172. The molecular weight excluding hydrogens is 871 g/mol. The first-order valence-electron chi connectivity index (χ1n) is 23.8. The molecule has 0 unspecified atom stereocenters. The lowest BCUT2D eigenvalue weighted by molar-refractivity contribution is -0.125. The summed E-state index contributed by atoms with van der Waals surface area (Å²) in [6.45, 7) is 6.24. The second-order valence-corrected chi connectivity index (χ2v) is 18.0. The minimum atomic E-state index is -0.602. The van der Waals surface area contributed by atoms with Gasteiger partial charge in [0.15, 0.2) is 0 Å². The molecule has 0 spiro atoms. The SMILES string of the molecule is C1CCNC1.COc1nc2[nH]cc(C(=O)C(=O)N3CCCC3)c2cc1C(=O)N1CCC(Cc2ccc(F)cc2)CC1.COc1nc2[nH]ccc2cc1C(=O)N1CCC(Cc2ccc(F)cc2)CC1. The summed E-state index contributed by atoms with van der Waals surface area (Å²) >= 11 is 0. The van der Waals surface area contributed by atoms with Gasteiger partial charge in [-0.3, -0.25) is 19.2 Å². The van der Waals surface area contributed by atoms with Crippen LogP contribution in [0.2, 0.25) is 0 Å². The third kappa shape index (κ3) is 11.5. The molecule has 0 bridgehead atoms. The molecule has 4 saturated heterocycles. The van der Waals surface area contributed by atoms with Gasteiger partial charge < -0.3 is 39.5 Å². The Kier molecular flexibility index (Phi) is 15.8. The third-order valence-electron chi connectivity index (χ3n) is 13.4. The summed E-state index contributed by atoms with van der Waals surface area (Å²) in [7, 11) is 2.98. The molecule has 3 N–H and O–H groups in total. The number of hydrogen-bond donors (Lipinski definition) is 3. The van der Waals surface area contributed by atoms with E-state index in [1.807, 2.05) is 41.3 Å². The predicted molar refractivity (Wildman–Crippen MR) is 255 cm³/mol. The van der Waals surface area contributed by atoms with Crippen molar-refractivity contribution >= 4 is 45.6 Å². The van der Waals surface area contributed by atoms with E-state index in [0.29, 0.717) is 79.2 Å². The Morgan fingerprint density at radius 1 is 0.603 bits per heavy atom. The maximum absolute atomic E-state index is 13.5. The molecule has 358 valence electrons. The summed E-state index contributed by atoms with van der Waals surface area (Å²) in [5, 5.41) is 4.55. The summed E-state index contributed by atoms with van der Waals surface area (Å²) in [5.74, 6) is -0.396. The van der Waals surface area contributed by atoms with Gasteiger partial charge in [0.2, 0.25) is 11.8 Å². The number of hydrogen-bond acceptors (Lipinski definition) is 9. The van der Waals surface area contributed by atoms with Crippen LogP contribution in [0.25, 0.3) is 22.1 Å². The number of benzene rings is 2. The van der Waals surface area contributed by atoms with Crippen LogP contribution in [0.1, 0.15) is 93.6 Å². The highest BCUT2D eigenvalue weighted by Crippen LogP contribution is 2.30. The summed E-state index contributed by atoms with van der Waals surface area (Å²) in [5.41, 5.74) is 4.31. The zero-order valence-electron chi connectivity index (χ0n) is 38.8. The Bertz CT molecular complexity index is 2670. The number of ketones is 1. The molecule has 4 aromatic heterocycles. The van der Waals surface area contributed by atoms with Gasteiger partial charge in [-0.15, -0.1) is 0 Å². The molecule has 2 aromatic carbocycles. The van der Waals surface area contributed by atoms with E-state index in [-0.39, 0.29) is 40.5 Å². The molecule has 4 fully saturated rings. The van der Waals surface area contributed by atoms with Crippen LogP contribution < -0.4 is 14.8 Å². The van der Waals surface area contributed by atoms with E-state index in [2.05, 4.69) is 25.3 Å². The number of fused-ring (bicyclic) bond motifs is 2. The number of ether oxygens (including phenoxy) is 2. The minimum absolute atomic E-state index is 0.0392. The van der Waals surface area contributed by atoms with Crippen molar-refractivity contribution < 1.29 is 37.4 Å². The number of aromatic amines is 2. The largest absolute Gasteiger partial charge is 0.480 e. The van der Waals surface area contributed by atoms with Gasteiger partial charge in [-0.05, 0) is 143 Å². The molecule has 0 atom stereocenters. The van der Waals surface area contributed by atoms with Gasteiger partial charge in [-0.1, -0.05) is 24.3 Å². The lowest BCUT2D eigenvalue weighted by atomic mass is 9.90. The average Bonchev–Trinajstić information content (AvgIpc) is 4.24. The highest BCUT2D eigenvalue weighted by molar-refractivity contribution is 6.44. The smallest absolute Gasteiger partial charge is 0.295 e. The van der Waals surface area contributed by atoms with E-state index < -0.39 is 11.7 Å². The van der Waals surface area contributed by atoms with E-state index in [9.17, 15) is 28.0 Å². The normalized spacial score (nSPS) is 16.6. The fourth-order valence-electron chi connectivity index (χ4n) is 9.53. The Labute approximate surface area is 394 Å². The first-order chi connectivity index (χ1) is 33.1. The summed E-state index contributed by atoms with van der Waals surface area (Å²) in [4.78, 5) is 72.1. The van der Waals surface area contributed by atoms with Crippen molar-refractivity contribution in [3.05, 3.63) is 119 Å². The monoisotopic (exact) mass is 930 g/mol. The van der Waals surface area contributed by atoms with Crippen LogP contribution in [0, 0.1) is 23.5 Å². The van der Waals surface area contributed by atoms with E-state index in [1.165, 1.54) is 70.6 Å². The average molecular weight is 931 g/mol. The number of Topliss-reactive ketones (excluding diaryl/α,β-unsaturated/α-hetero) is 1. The fraction of sp³-hybridized carbons (Fsp3) is 0.423. The number of halogens is 2. The lowest BCUT2D eigenvalue weighted by Gasteiger charge is -2.32. The topological polar surface area (TPSA) is 166 Å². The first-order valence-corrected chi connectivity index (χ1v) is 23.8. The quantitative estimate of drug-likeness (QED) is 0.0919. The summed E-state index contributed by atoms with van der Waals surface area (Å²) in [6.07, 6.45) is 13.1. The molecule has 4 aliphatic heterocycles. The number of aromatic nitrogens is 4. The number of piperidine rings is 2. The molecule has 0 aliphatic carbocycles.